The van der Waals surface area contributed by atoms with Gasteiger partial charge in [0, 0.05) is 23.8 Å². The third kappa shape index (κ3) is 4.22. The number of nitrogens with zero attached hydrogens (tertiary/aromatic N) is 1. The summed E-state index contributed by atoms with van der Waals surface area (Å²) in [6, 6.07) is 13.8. The zero-order valence-electron chi connectivity index (χ0n) is 15.8. The Labute approximate surface area is 161 Å². The Balaban J connectivity index is 1.78. The summed E-state index contributed by atoms with van der Waals surface area (Å²) in [4.78, 5) is 12.7. The third-order valence-corrected chi connectivity index (χ3v) is 7.13. The van der Waals surface area contributed by atoms with Gasteiger partial charge in [0.25, 0.3) is 5.91 Å². The zero-order valence-corrected chi connectivity index (χ0v) is 16.6. The third-order valence-electron chi connectivity index (χ3n) is 5.16. The second-order valence-electron chi connectivity index (χ2n) is 6.97. The van der Waals surface area contributed by atoms with Crippen molar-refractivity contribution >= 4 is 21.6 Å². The van der Waals surface area contributed by atoms with Gasteiger partial charge in [-0.1, -0.05) is 31.5 Å². The molecule has 1 amide bonds. The van der Waals surface area contributed by atoms with Crippen molar-refractivity contribution in [1.29, 1.82) is 0 Å². The molecule has 2 aromatic rings. The number of carbonyl (C=O) groups is 1. The molecule has 0 spiro atoms. The molecule has 0 aliphatic carbocycles. The average molecular weight is 387 g/mol. The minimum atomic E-state index is -3.53. The van der Waals surface area contributed by atoms with Gasteiger partial charge >= 0.3 is 0 Å². The van der Waals surface area contributed by atoms with Crippen LogP contribution < -0.4 is 5.32 Å². The average Bonchev–Trinajstić information content (AvgIpc) is 2.69. The second kappa shape index (κ2) is 8.23. The minimum absolute atomic E-state index is 0.0628. The molecule has 2 aromatic carbocycles. The van der Waals surface area contributed by atoms with Gasteiger partial charge in [0.1, 0.15) is 0 Å². The van der Waals surface area contributed by atoms with Crippen molar-refractivity contribution in [2.45, 2.75) is 50.5 Å². The molecular formula is C21H26N2O3S. The lowest BCUT2D eigenvalue weighted by molar-refractivity contribution is 0.102. The van der Waals surface area contributed by atoms with Gasteiger partial charge in [0.15, 0.2) is 0 Å². The monoisotopic (exact) mass is 386 g/mol. The summed E-state index contributed by atoms with van der Waals surface area (Å²) < 4.78 is 27.6. The molecule has 0 saturated carbocycles. The van der Waals surface area contributed by atoms with Crippen LogP contribution in [-0.2, 0) is 10.0 Å². The Hall–Kier alpha value is -2.18. The van der Waals surface area contributed by atoms with E-state index in [4.69, 9.17) is 0 Å². The smallest absolute Gasteiger partial charge is 0.255 e. The van der Waals surface area contributed by atoms with Gasteiger partial charge in [-0.2, -0.15) is 4.31 Å². The van der Waals surface area contributed by atoms with E-state index in [1.807, 2.05) is 38.1 Å². The van der Waals surface area contributed by atoms with E-state index >= 15 is 0 Å². The maximum atomic E-state index is 13.0. The van der Waals surface area contributed by atoms with E-state index in [-0.39, 0.29) is 16.8 Å². The predicted molar refractivity (Wildman–Crippen MR) is 107 cm³/mol. The number of rotatable bonds is 5. The van der Waals surface area contributed by atoms with Gasteiger partial charge in [-0.15, -0.1) is 0 Å². The van der Waals surface area contributed by atoms with Crippen LogP contribution in [0.2, 0.25) is 0 Å². The fraction of sp³-hybridized carbons (Fsp3) is 0.381. The summed E-state index contributed by atoms with van der Waals surface area (Å²) in [5.74, 6) is -0.252. The molecule has 1 aliphatic rings. The van der Waals surface area contributed by atoms with Gasteiger partial charge < -0.3 is 5.32 Å². The van der Waals surface area contributed by atoms with Gasteiger partial charge in [-0.05, 0) is 62.1 Å². The SMILES string of the molecule is CCC1CCCCN1S(=O)(=O)c1ccc(C(=O)Nc2ccccc2C)cc1. The first-order valence-corrected chi connectivity index (χ1v) is 10.9. The predicted octanol–water partition coefficient (Wildman–Crippen LogP) is 4.20. The van der Waals surface area contributed by atoms with E-state index in [0.29, 0.717) is 12.1 Å². The molecule has 0 bridgehead atoms. The molecule has 1 aliphatic heterocycles. The maximum absolute atomic E-state index is 13.0. The molecule has 1 unspecified atom stereocenters. The molecule has 1 heterocycles. The highest BCUT2D eigenvalue weighted by atomic mass is 32.2. The summed E-state index contributed by atoms with van der Waals surface area (Å²) >= 11 is 0. The van der Waals surface area contributed by atoms with Crippen LogP contribution in [0.25, 0.3) is 0 Å². The van der Waals surface area contributed by atoms with E-state index in [2.05, 4.69) is 5.32 Å². The van der Waals surface area contributed by atoms with Crippen molar-refractivity contribution in [3.05, 3.63) is 59.7 Å². The fourth-order valence-electron chi connectivity index (χ4n) is 3.52. The zero-order chi connectivity index (χ0) is 19.4. The summed E-state index contributed by atoms with van der Waals surface area (Å²) in [6.07, 6.45) is 3.69. The Morgan fingerprint density at radius 1 is 1.11 bits per heavy atom. The molecule has 3 rings (SSSR count). The Kier molecular flexibility index (Phi) is 5.97. The summed E-state index contributed by atoms with van der Waals surface area (Å²) in [5.41, 5.74) is 2.15. The molecule has 1 N–H and O–H groups in total. The number of benzene rings is 2. The molecule has 144 valence electrons. The van der Waals surface area contributed by atoms with Gasteiger partial charge in [-0.3, -0.25) is 4.79 Å². The number of hydrogen-bond donors (Lipinski definition) is 1. The second-order valence-corrected chi connectivity index (χ2v) is 8.86. The van der Waals surface area contributed by atoms with Crippen molar-refractivity contribution < 1.29 is 13.2 Å². The van der Waals surface area contributed by atoms with E-state index < -0.39 is 10.0 Å². The lowest BCUT2D eigenvalue weighted by Crippen LogP contribution is -2.43. The van der Waals surface area contributed by atoms with Crippen molar-refractivity contribution in [3.63, 3.8) is 0 Å². The molecule has 0 radical (unpaired) electrons. The molecule has 6 heteroatoms. The highest BCUT2D eigenvalue weighted by Crippen LogP contribution is 2.27. The van der Waals surface area contributed by atoms with E-state index in [0.717, 1.165) is 36.9 Å². The van der Waals surface area contributed by atoms with Crippen molar-refractivity contribution in [2.75, 3.05) is 11.9 Å². The number of amides is 1. The molecular weight excluding hydrogens is 360 g/mol. The number of sulfonamides is 1. The summed E-state index contributed by atoms with van der Waals surface area (Å²) in [7, 11) is -3.53. The first-order valence-electron chi connectivity index (χ1n) is 9.42. The Morgan fingerprint density at radius 3 is 2.48 bits per heavy atom. The highest BCUT2D eigenvalue weighted by Gasteiger charge is 2.32. The number of piperidine rings is 1. The highest BCUT2D eigenvalue weighted by molar-refractivity contribution is 7.89. The molecule has 5 nitrogen and oxygen atoms in total. The molecule has 1 saturated heterocycles. The molecule has 1 fully saturated rings. The van der Waals surface area contributed by atoms with Crippen LogP contribution in [0.1, 0.15) is 48.5 Å². The molecule has 27 heavy (non-hydrogen) atoms. The first kappa shape index (κ1) is 19.6. The van der Waals surface area contributed by atoms with Crippen LogP contribution in [0.15, 0.2) is 53.4 Å². The molecule has 0 aromatic heterocycles. The minimum Gasteiger partial charge on any atom is -0.322 e. The van der Waals surface area contributed by atoms with Crippen LogP contribution in [0.3, 0.4) is 0 Å². The first-order chi connectivity index (χ1) is 12.9. The van der Waals surface area contributed by atoms with Crippen LogP contribution in [-0.4, -0.2) is 31.2 Å². The van der Waals surface area contributed by atoms with Gasteiger partial charge in [0.2, 0.25) is 10.0 Å². The Morgan fingerprint density at radius 2 is 1.81 bits per heavy atom. The van der Waals surface area contributed by atoms with E-state index in [1.54, 1.807) is 16.4 Å². The maximum Gasteiger partial charge on any atom is 0.255 e. The van der Waals surface area contributed by atoms with Crippen molar-refractivity contribution in [3.8, 4) is 0 Å². The van der Waals surface area contributed by atoms with Crippen LogP contribution >= 0.6 is 0 Å². The number of aryl methyl sites for hydroxylation is 1. The van der Waals surface area contributed by atoms with Crippen LogP contribution in [0, 0.1) is 6.92 Å². The number of anilines is 1. The van der Waals surface area contributed by atoms with Crippen molar-refractivity contribution in [1.82, 2.24) is 4.31 Å². The number of hydrogen-bond acceptors (Lipinski definition) is 3. The topological polar surface area (TPSA) is 66.5 Å². The number of carbonyl (C=O) groups excluding carboxylic acids is 1. The normalized spacial score (nSPS) is 18.2. The summed E-state index contributed by atoms with van der Waals surface area (Å²) in [6.45, 7) is 4.52. The van der Waals surface area contributed by atoms with E-state index in [1.165, 1.54) is 12.1 Å². The van der Waals surface area contributed by atoms with Gasteiger partial charge in [-0.25, -0.2) is 8.42 Å². The van der Waals surface area contributed by atoms with Crippen LogP contribution in [0.4, 0.5) is 5.69 Å². The van der Waals surface area contributed by atoms with Crippen molar-refractivity contribution in [2.24, 2.45) is 0 Å². The molecule has 1 atom stereocenters. The summed E-state index contributed by atoms with van der Waals surface area (Å²) in [5, 5.41) is 2.87. The lowest BCUT2D eigenvalue weighted by Gasteiger charge is -2.34. The largest absolute Gasteiger partial charge is 0.322 e. The Bertz CT molecular complexity index is 907. The van der Waals surface area contributed by atoms with Gasteiger partial charge in [0.05, 0.1) is 4.90 Å². The van der Waals surface area contributed by atoms with Crippen LogP contribution in [0.5, 0.6) is 0 Å². The fourth-order valence-corrected chi connectivity index (χ4v) is 5.29. The quantitative estimate of drug-likeness (QED) is 0.837. The number of para-hydroxylation sites is 1. The lowest BCUT2D eigenvalue weighted by atomic mass is 10.0. The van der Waals surface area contributed by atoms with E-state index in [9.17, 15) is 13.2 Å². The number of nitrogens with one attached hydrogen (secondary N) is 1. The standard InChI is InChI=1S/C21H26N2O3S/c1-3-18-9-6-7-15-23(18)27(25,26)19-13-11-17(12-14-19)21(24)22-20-10-5-4-8-16(20)2/h4-5,8,10-14,18H,3,6-7,9,15H2,1-2H3,(H,22,24).